The van der Waals surface area contributed by atoms with Crippen LogP contribution in [-0.2, 0) is 13.2 Å². The van der Waals surface area contributed by atoms with E-state index < -0.39 is 11.6 Å². The molecule has 0 bridgehead atoms. The van der Waals surface area contributed by atoms with Crippen LogP contribution in [0.3, 0.4) is 0 Å². The molecule has 29 heavy (non-hydrogen) atoms. The fourth-order valence-electron chi connectivity index (χ4n) is 2.49. The van der Waals surface area contributed by atoms with Crippen molar-refractivity contribution >= 4 is 22.1 Å². The SMILES string of the molecule is Cc1cc(OCc2ccc(F)cc2F)c(Br)c(=O)n1C/C(=C/N)CC=NCC#N. The molecule has 1 heterocycles. The van der Waals surface area contributed by atoms with E-state index in [0.29, 0.717) is 12.1 Å². The van der Waals surface area contributed by atoms with E-state index in [2.05, 4.69) is 20.9 Å². The second kappa shape index (κ2) is 10.5. The Balaban J connectivity index is 2.18. The predicted octanol–water partition coefficient (Wildman–Crippen LogP) is 3.60. The van der Waals surface area contributed by atoms with E-state index in [-0.39, 0.29) is 41.0 Å². The van der Waals surface area contributed by atoms with E-state index in [1.807, 2.05) is 6.07 Å². The van der Waals surface area contributed by atoms with Crippen molar-refractivity contribution in [1.29, 1.82) is 5.26 Å². The van der Waals surface area contributed by atoms with E-state index in [1.54, 1.807) is 19.2 Å². The van der Waals surface area contributed by atoms with E-state index in [1.165, 1.54) is 16.8 Å². The number of rotatable bonds is 8. The van der Waals surface area contributed by atoms with E-state index in [9.17, 15) is 13.6 Å². The summed E-state index contributed by atoms with van der Waals surface area (Å²) < 4.78 is 34.0. The number of aliphatic imine (C=N–C) groups is 1. The third kappa shape index (κ3) is 5.99. The summed E-state index contributed by atoms with van der Waals surface area (Å²) in [6.07, 6.45) is 3.38. The standard InChI is InChI=1S/C20H19BrF2N4O2/c1-13-8-18(29-12-15-2-3-16(22)9-17(15)23)19(21)20(28)27(13)11-14(10-25)4-6-26-7-5-24/h2-3,6,8-10H,4,7,11-12,25H2,1H3/b14-10+,26-6?. The molecular formula is C20H19BrF2N4O2. The number of nitrogens with two attached hydrogens (primary N) is 1. The highest BCUT2D eigenvalue weighted by molar-refractivity contribution is 9.10. The zero-order valence-corrected chi connectivity index (χ0v) is 17.2. The van der Waals surface area contributed by atoms with Crippen molar-refractivity contribution in [3.05, 3.63) is 73.8 Å². The van der Waals surface area contributed by atoms with Crippen molar-refractivity contribution in [2.45, 2.75) is 26.5 Å². The molecule has 0 aliphatic heterocycles. The Bertz CT molecular complexity index is 1040. The van der Waals surface area contributed by atoms with Gasteiger partial charge in [-0.15, -0.1) is 0 Å². The summed E-state index contributed by atoms with van der Waals surface area (Å²) in [5.41, 5.74) is 6.82. The van der Waals surface area contributed by atoms with Gasteiger partial charge in [0.2, 0.25) is 0 Å². The van der Waals surface area contributed by atoms with Crippen LogP contribution >= 0.6 is 15.9 Å². The molecule has 2 aromatic rings. The summed E-state index contributed by atoms with van der Waals surface area (Å²) in [7, 11) is 0. The molecule has 0 radical (unpaired) electrons. The van der Waals surface area contributed by atoms with Gasteiger partial charge in [-0.25, -0.2) is 8.78 Å². The maximum absolute atomic E-state index is 13.8. The Morgan fingerprint density at radius 3 is 2.83 bits per heavy atom. The van der Waals surface area contributed by atoms with Crippen LogP contribution in [0.15, 0.2) is 50.3 Å². The van der Waals surface area contributed by atoms with Crippen molar-refractivity contribution in [3.63, 3.8) is 0 Å². The lowest BCUT2D eigenvalue weighted by atomic mass is 10.2. The van der Waals surface area contributed by atoms with E-state index >= 15 is 0 Å². The molecule has 152 valence electrons. The van der Waals surface area contributed by atoms with Gasteiger partial charge in [0.05, 0.1) is 6.07 Å². The molecule has 0 atom stereocenters. The topological polar surface area (TPSA) is 93.4 Å². The van der Waals surface area contributed by atoms with Gasteiger partial charge in [-0.3, -0.25) is 9.79 Å². The van der Waals surface area contributed by atoms with Crippen molar-refractivity contribution < 1.29 is 13.5 Å². The minimum absolute atomic E-state index is 0.0586. The number of hydrogen-bond donors (Lipinski definition) is 1. The second-order valence-corrected chi connectivity index (χ2v) is 6.88. The molecule has 0 aliphatic carbocycles. The molecule has 2 rings (SSSR count). The molecule has 0 saturated carbocycles. The minimum atomic E-state index is -0.720. The molecule has 0 aliphatic rings. The lowest BCUT2D eigenvalue weighted by molar-refractivity contribution is 0.295. The highest BCUT2D eigenvalue weighted by Gasteiger charge is 2.14. The highest BCUT2D eigenvalue weighted by atomic mass is 79.9. The van der Waals surface area contributed by atoms with Crippen molar-refractivity contribution in [2.75, 3.05) is 6.54 Å². The normalized spacial score (nSPS) is 11.6. The third-order valence-electron chi connectivity index (χ3n) is 4.05. The van der Waals surface area contributed by atoms with Gasteiger partial charge in [0.25, 0.3) is 5.56 Å². The molecule has 0 amide bonds. The quantitative estimate of drug-likeness (QED) is 0.476. The Morgan fingerprint density at radius 2 is 2.17 bits per heavy atom. The number of hydrogen-bond acceptors (Lipinski definition) is 5. The summed E-state index contributed by atoms with van der Waals surface area (Å²) in [6.45, 7) is 1.88. The number of pyridine rings is 1. The zero-order valence-electron chi connectivity index (χ0n) is 15.7. The maximum Gasteiger partial charge on any atom is 0.269 e. The van der Waals surface area contributed by atoms with Crippen LogP contribution in [0.4, 0.5) is 8.78 Å². The van der Waals surface area contributed by atoms with Crippen LogP contribution in [0.25, 0.3) is 0 Å². The van der Waals surface area contributed by atoms with Crippen LogP contribution in [0, 0.1) is 29.9 Å². The lowest BCUT2D eigenvalue weighted by Gasteiger charge is -2.15. The van der Waals surface area contributed by atoms with Crippen LogP contribution in [-0.4, -0.2) is 17.3 Å². The van der Waals surface area contributed by atoms with Crippen molar-refractivity contribution in [1.82, 2.24) is 4.57 Å². The Morgan fingerprint density at radius 1 is 1.41 bits per heavy atom. The highest BCUT2D eigenvalue weighted by Crippen LogP contribution is 2.24. The number of benzene rings is 1. The number of halogens is 3. The summed E-state index contributed by atoms with van der Waals surface area (Å²) >= 11 is 3.23. The molecule has 0 spiro atoms. The van der Waals surface area contributed by atoms with Crippen molar-refractivity contribution in [2.24, 2.45) is 10.7 Å². The first-order valence-electron chi connectivity index (χ1n) is 8.59. The average Bonchev–Trinajstić information content (AvgIpc) is 2.69. The fraction of sp³-hybridized carbons (Fsp3) is 0.250. The Kier molecular flexibility index (Phi) is 8.09. The summed E-state index contributed by atoms with van der Waals surface area (Å²) in [6, 6.07) is 6.75. The zero-order chi connectivity index (χ0) is 21.4. The second-order valence-electron chi connectivity index (χ2n) is 6.09. The van der Waals surface area contributed by atoms with Gasteiger partial charge in [-0.1, -0.05) is 0 Å². The van der Waals surface area contributed by atoms with Gasteiger partial charge in [-0.05, 0) is 46.8 Å². The van der Waals surface area contributed by atoms with Gasteiger partial charge in [-0.2, -0.15) is 5.26 Å². The largest absolute Gasteiger partial charge is 0.487 e. The Labute approximate surface area is 175 Å². The molecule has 6 nitrogen and oxygen atoms in total. The molecule has 1 aromatic heterocycles. The number of nitriles is 1. The number of nitrogens with zero attached hydrogens (tertiary/aromatic N) is 3. The molecule has 2 N–H and O–H groups in total. The van der Waals surface area contributed by atoms with Crippen molar-refractivity contribution in [3.8, 4) is 11.8 Å². The van der Waals surface area contributed by atoms with Crippen LogP contribution < -0.4 is 16.0 Å². The summed E-state index contributed by atoms with van der Waals surface area (Å²) in [4.78, 5) is 16.6. The first kappa shape index (κ1) is 22.3. The molecule has 0 fully saturated rings. The van der Waals surface area contributed by atoms with Crippen LogP contribution in [0.5, 0.6) is 5.75 Å². The number of aryl methyl sites for hydroxylation is 1. The van der Waals surface area contributed by atoms with Gasteiger partial charge in [0, 0.05) is 42.6 Å². The van der Waals surface area contributed by atoms with Gasteiger partial charge >= 0.3 is 0 Å². The van der Waals surface area contributed by atoms with Gasteiger partial charge < -0.3 is 15.0 Å². The maximum atomic E-state index is 13.8. The summed E-state index contributed by atoms with van der Waals surface area (Å²) in [5.74, 6) is -1.14. The van der Waals surface area contributed by atoms with Crippen LogP contribution in [0.1, 0.15) is 17.7 Å². The minimum Gasteiger partial charge on any atom is -0.487 e. The van der Waals surface area contributed by atoms with Gasteiger partial charge in [0.1, 0.15) is 35.0 Å². The molecule has 0 unspecified atom stereocenters. The first-order chi connectivity index (χ1) is 13.9. The van der Waals surface area contributed by atoms with E-state index in [0.717, 1.165) is 17.7 Å². The number of ether oxygens (including phenoxy) is 1. The number of allylic oxidation sites excluding steroid dienone is 1. The van der Waals surface area contributed by atoms with Gasteiger partial charge in [0.15, 0.2) is 0 Å². The van der Waals surface area contributed by atoms with Crippen LogP contribution in [0.2, 0.25) is 0 Å². The first-order valence-corrected chi connectivity index (χ1v) is 9.38. The predicted molar refractivity (Wildman–Crippen MR) is 110 cm³/mol. The third-order valence-corrected chi connectivity index (χ3v) is 4.78. The average molecular weight is 465 g/mol. The Hall–Kier alpha value is -2.99. The molecule has 9 heteroatoms. The number of aromatic nitrogens is 1. The smallest absolute Gasteiger partial charge is 0.269 e. The van der Waals surface area contributed by atoms with E-state index in [4.69, 9.17) is 15.7 Å². The monoisotopic (exact) mass is 464 g/mol. The fourth-order valence-corrected chi connectivity index (χ4v) is 2.93. The molecular weight excluding hydrogens is 446 g/mol. The lowest BCUT2D eigenvalue weighted by Crippen LogP contribution is -2.25. The molecule has 0 saturated heterocycles. The summed E-state index contributed by atoms with van der Waals surface area (Å²) in [5, 5.41) is 8.49. The molecule has 1 aromatic carbocycles.